The summed E-state index contributed by atoms with van der Waals surface area (Å²) in [5.74, 6) is 0.783. The van der Waals surface area contributed by atoms with Crippen molar-refractivity contribution in [2.75, 3.05) is 0 Å². The molecular formula is C34H42IrNO2-. The third kappa shape index (κ3) is 5.15. The molecule has 4 heteroatoms. The summed E-state index contributed by atoms with van der Waals surface area (Å²) in [6.07, 6.45) is 16.4. The van der Waals surface area contributed by atoms with Crippen LogP contribution in [0.5, 0.6) is 0 Å². The van der Waals surface area contributed by atoms with Crippen LogP contribution in [0.25, 0.3) is 22.0 Å². The van der Waals surface area contributed by atoms with Crippen molar-refractivity contribution in [3.05, 3.63) is 66.4 Å². The first kappa shape index (κ1) is 28.0. The summed E-state index contributed by atoms with van der Waals surface area (Å²) in [4.78, 5) is 4.48. The van der Waals surface area contributed by atoms with Crippen LogP contribution in [-0.2, 0) is 20.1 Å². The van der Waals surface area contributed by atoms with E-state index in [2.05, 4.69) is 42.2 Å². The van der Waals surface area contributed by atoms with E-state index < -0.39 is 0 Å². The summed E-state index contributed by atoms with van der Waals surface area (Å²) < 4.78 is 0. The van der Waals surface area contributed by atoms with Crippen LogP contribution in [0.1, 0.15) is 82.6 Å². The minimum absolute atomic E-state index is 0. The Hall–Kier alpha value is -1.58. The van der Waals surface area contributed by atoms with Gasteiger partial charge in [-0.15, -0.1) is 35.9 Å². The molecule has 2 unspecified atom stereocenters. The monoisotopic (exact) mass is 689 g/mol. The molecule has 2 atom stereocenters. The summed E-state index contributed by atoms with van der Waals surface area (Å²) in [7, 11) is 0. The molecule has 2 aromatic carbocycles. The number of hydrogen-bond acceptors (Lipinski definition) is 3. The van der Waals surface area contributed by atoms with E-state index in [1.165, 1.54) is 93.4 Å². The van der Waals surface area contributed by atoms with Gasteiger partial charge in [0.05, 0.1) is 12.2 Å². The zero-order valence-corrected chi connectivity index (χ0v) is 25.1. The Bertz CT molecular complexity index is 1180. The molecule has 38 heavy (non-hydrogen) atoms. The zero-order chi connectivity index (χ0) is 25.5. The van der Waals surface area contributed by atoms with Gasteiger partial charge in [0.25, 0.3) is 0 Å². The van der Waals surface area contributed by atoms with E-state index in [-0.39, 0.29) is 49.1 Å². The fourth-order valence-corrected chi connectivity index (χ4v) is 8.49. The Morgan fingerprint density at radius 1 is 0.789 bits per heavy atom. The van der Waals surface area contributed by atoms with Gasteiger partial charge in [-0.25, -0.2) is 0 Å². The van der Waals surface area contributed by atoms with Crippen molar-refractivity contribution in [2.45, 2.75) is 96.2 Å². The van der Waals surface area contributed by atoms with E-state index in [9.17, 15) is 10.2 Å². The van der Waals surface area contributed by atoms with Crippen molar-refractivity contribution in [2.24, 2.45) is 22.7 Å². The molecule has 7 rings (SSSR count). The molecule has 4 saturated carbocycles. The van der Waals surface area contributed by atoms with Gasteiger partial charge in [-0.1, -0.05) is 55.5 Å². The zero-order valence-electron chi connectivity index (χ0n) is 22.7. The van der Waals surface area contributed by atoms with Crippen LogP contribution in [0.15, 0.2) is 54.7 Å². The third-order valence-electron chi connectivity index (χ3n) is 10.6. The Balaban J connectivity index is 0.000000153. The van der Waals surface area contributed by atoms with E-state index in [1.54, 1.807) is 0 Å². The maximum atomic E-state index is 11.1. The van der Waals surface area contributed by atoms with Crippen LogP contribution in [0, 0.1) is 35.7 Å². The number of nitrogens with zero attached hydrogens (tertiary/aromatic N) is 1. The third-order valence-corrected chi connectivity index (χ3v) is 10.6. The number of aliphatic hydroxyl groups excluding tert-OH is 2. The van der Waals surface area contributed by atoms with Crippen LogP contribution in [0.2, 0.25) is 0 Å². The summed E-state index contributed by atoms with van der Waals surface area (Å²) in [5, 5.41) is 24.6. The molecule has 4 aliphatic carbocycles. The molecule has 3 nitrogen and oxygen atoms in total. The van der Waals surface area contributed by atoms with Crippen molar-refractivity contribution < 1.29 is 30.3 Å². The van der Waals surface area contributed by atoms with Crippen molar-refractivity contribution in [3.63, 3.8) is 0 Å². The van der Waals surface area contributed by atoms with Gasteiger partial charge in [0.15, 0.2) is 0 Å². The molecule has 1 aromatic heterocycles. The van der Waals surface area contributed by atoms with E-state index >= 15 is 0 Å². The van der Waals surface area contributed by atoms with Crippen LogP contribution < -0.4 is 0 Å². The molecular weight excluding hydrogens is 647 g/mol. The van der Waals surface area contributed by atoms with E-state index in [0.717, 1.165) is 11.3 Å². The van der Waals surface area contributed by atoms with E-state index in [0.29, 0.717) is 5.92 Å². The summed E-state index contributed by atoms with van der Waals surface area (Å²) in [5.41, 5.74) is 3.64. The molecule has 0 saturated heterocycles. The van der Waals surface area contributed by atoms with Crippen molar-refractivity contribution >= 4 is 10.8 Å². The van der Waals surface area contributed by atoms with Gasteiger partial charge in [-0.2, -0.15) is 0 Å². The van der Waals surface area contributed by atoms with E-state index in [1.807, 2.05) is 30.5 Å². The second-order valence-electron chi connectivity index (χ2n) is 12.6. The minimum Gasteiger partial charge on any atom is -0.392 e. The normalized spacial score (nSPS) is 28.9. The van der Waals surface area contributed by atoms with Gasteiger partial charge in [0.2, 0.25) is 0 Å². The van der Waals surface area contributed by atoms with Gasteiger partial charge < -0.3 is 15.2 Å². The molecule has 0 aliphatic heterocycles. The molecule has 0 bridgehead atoms. The first-order valence-electron chi connectivity index (χ1n) is 14.7. The first-order chi connectivity index (χ1) is 18.0. The predicted octanol–water partition coefficient (Wildman–Crippen LogP) is 7.66. The second-order valence-corrected chi connectivity index (χ2v) is 12.6. The molecule has 2 spiro atoms. The van der Waals surface area contributed by atoms with Crippen LogP contribution in [0.4, 0.5) is 0 Å². The summed E-state index contributed by atoms with van der Waals surface area (Å²) >= 11 is 0. The number of aryl methyl sites for hydroxylation is 1. The van der Waals surface area contributed by atoms with Gasteiger partial charge >= 0.3 is 0 Å². The SMILES string of the molecule is Cc1ccc2cnc(-c3[c-]cccc3)cc2c1.OC1C2C(CCC13CCCC3)CCC1(CCCC1)C2O.[Ir]. The largest absolute Gasteiger partial charge is 0.392 e. The predicted molar refractivity (Wildman–Crippen MR) is 150 cm³/mol. The average molecular weight is 689 g/mol. The Morgan fingerprint density at radius 3 is 2.00 bits per heavy atom. The molecule has 4 aliphatic rings. The number of aliphatic hydroxyl groups is 2. The molecule has 2 N–H and O–H groups in total. The average Bonchev–Trinajstić information content (AvgIpc) is 3.60. The fourth-order valence-electron chi connectivity index (χ4n) is 8.49. The van der Waals surface area contributed by atoms with Gasteiger partial charge in [-0.05, 0) is 91.5 Å². The summed E-state index contributed by atoms with van der Waals surface area (Å²) in [6, 6.07) is 19.6. The smallest absolute Gasteiger partial charge is 0.0652 e. The molecule has 1 radical (unpaired) electrons. The Kier molecular flexibility index (Phi) is 8.46. The number of aromatic nitrogens is 1. The van der Waals surface area contributed by atoms with Gasteiger partial charge in [-0.3, -0.25) is 0 Å². The maximum absolute atomic E-state index is 11.1. The Labute approximate surface area is 241 Å². The minimum atomic E-state index is -0.225. The molecule has 1 heterocycles. The van der Waals surface area contributed by atoms with Crippen LogP contribution in [0.3, 0.4) is 0 Å². The van der Waals surface area contributed by atoms with Crippen LogP contribution in [-0.4, -0.2) is 27.4 Å². The number of rotatable bonds is 1. The standard InChI is InChI=1S/C18H30O2.C16H12N.Ir/c19-15-14-13(5-11-17(15)7-1-2-8-17)6-12-18(16(14)20)9-3-4-10-18;1-12-7-8-14-11-17-16(10-15(14)9-12)13-5-3-2-4-6-13;/h13-16,19-20H,1-12H2;2-5,7-11H,1H3;/q;-1;. The fraction of sp³-hybridized carbons (Fsp3) is 0.559. The van der Waals surface area contributed by atoms with Crippen molar-refractivity contribution in [1.82, 2.24) is 4.98 Å². The first-order valence-corrected chi connectivity index (χ1v) is 14.7. The van der Waals surface area contributed by atoms with Crippen molar-refractivity contribution in [3.8, 4) is 11.3 Å². The molecule has 3 aromatic rings. The number of benzene rings is 2. The number of hydrogen-bond donors (Lipinski definition) is 2. The van der Waals surface area contributed by atoms with E-state index in [4.69, 9.17) is 0 Å². The van der Waals surface area contributed by atoms with Crippen molar-refractivity contribution in [1.29, 1.82) is 0 Å². The molecule has 4 fully saturated rings. The number of pyridine rings is 1. The van der Waals surface area contributed by atoms with Gasteiger partial charge in [0, 0.05) is 32.2 Å². The number of fused-ring (bicyclic) bond motifs is 2. The molecule has 0 amide bonds. The Morgan fingerprint density at radius 2 is 1.42 bits per heavy atom. The van der Waals surface area contributed by atoms with Crippen LogP contribution >= 0.6 is 0 Å². The summed E-state index contributed by atoms with van der Waals surface area (Å²) in [6.45, 7) is 2.11. The second kappa shape index (κ2) is 11.5. The molecule has 205 valence electrons. The topological polar surface area (TPSA) is 53.4 Å². The maximum Gasteiger partial charge on any atom is 0.0652 e. The van der Waals surface area contributed by atoms with Gasteiger partial charge in [0.1, 0.15) is 0 Å². The quantitative estimate of drug-likeness (QED) is 0.258.